The molecule has 5 nitrogen and oxygen atoms in total. The van der Waals surface area contributed by atoms with Crippen molar-refractivity contribution < 1.29 is 14.3 Å². The van der Waals surface area contributed by atoms with Crippen LogP contribution in [0.1, 0.15) is 5.56 Å². The van der Waals surface area contributed by atoms with Gasteiger partial charge >= 0.3 is 0 Å². The lowest BCUT2D eigenvalue weighted by Crippen LogP contribution is -2.14. The zero-order valence-corrected chi connectivity index (χ0v) is 10.3. The highest BCUT2D eigenvalue weighted by atomic mass is 35.5. The molecule has 0 radical (unpaired) electrons. The maximum Gasteiger partial charge on any atom is 0.173 e. The molecule has 0 unspecified atom stereocenters. The molecule has 2 aromatic rings. The first kappa shape index (κ1) is 13.1. The van der Waals surface area contributed by atoms with Gasteiger partial charge in [0.15, 0.2) is 5.84 Å². The average Bonchev–Trinajstić information content (AvgIpc) is 2.40. The highest BCUT2D eigenvalue weighted by Crippen LogP contribution is 2.27. The molecule has 0 atom stereocenters. The van der Waals surface area contributed by atoms with E-state index >= 15 is 0 Å². The summed E-state index contributed by atoms with van der Waals surface area (Å²) in [5.41, 5.74) is 5.59. The number of ether oxygens (including phenoxy) is 1. The first-order valence-electron chi connectivity index (χ1n) is 5.16. The molecular weight excluding hydrogens is 273 g/mol. The SMILES string of the molecule is NC(=NO)c1cc(F)ccc1Oc1cncc(Cl)c1. The van der Waals surface area contributed by atoms with E-state index < -0.39 is 5.82 Å². The number of hydrogen-bond donors (Lipinski definition) is 2. The summed E-state index contributed by atoms with van der Waals surface area (Å²) >= 11 is 5.77. The quantitative estimate of drug-likeness (QED) is 0.392. The van der Waals surface area contributed by atoms with Crippen LogP contribution in [0.2, 0.25) is 5.02 Å². The van der Waals surface area contributed by atoms with Gasteiger partial charge in [0.1, 0.15) is 17.3 Å². The molecule has 19 heavy (non-hydrogen) atoms. The smallest absolute Gasteiger partial charge is 0.173 e. The van der Waals surface area contributed by atoms with Crippen LogP contribution in [0.25, 0.3) is 0 Å². The maximum atomic E-state index is 13.2. The fourth-order valence-corrected chi connectivity index (χ4v) is 1.58. The largest absolute Gasteiger partial charge is 0.455 e. The topological polar surface area (TPSA) is 80.7 Å². The molecule has 0 saturated carbocycles. The van der Waals surface area contributed by atoms with E-state index in [1.165, 1.54) is 30.6 Å². The predicted molar refractivity (Wildman–Crippen MR) is 68.2 cm³/mol. The molecule has 0 spiro atoms. The third-order valence-electron chi connectivity index (χ3n) is 2.23. The van der Waals surface area contributed by atoms with Crippen LogP contribution >= 0.6 is 11.6 Å². The molecule has 0 fully saturated rings. The highest BCUT2D eigenvalue weighted by Gasteiger charge is 2.11. The lowest BCUT2D eigenvalue weighted by Gasteiger charge is -2.10. The molecule has 1 aromatic carbocycles. The maximum absolute atomic E-state index is 13.2. The van der Waals surface area contributed by atoms with Crippen LogP contribution in [0.4, 0.5) is 4.39 Å². The van der Waals surface area contributed by atoms with E-state index in [2.05, 4.69) is 10.1 Å². The first-order valence-corrected chi connectivity index (χ1v) is 5.54. The van der Waals surface area contributed by atoms with Gasteiger partial charge in [-0.3, -0.25) is 4.98 Å². The van der Waals surface area contributed by atoms with Gasteiger partial charge in [0.05, 0.1) is 16.8 Å². The Morgan fingerprint density at radius 1 is 1.37 bits per heavy atom. The van der Waals surface area contributed by atoms with Crippen molar-refractivity contribution in [3.63, 3.8) is 0 Å². The summed E-state index contributed by atoms with van der Waals surface area (Å²) in [5, 5.41) is 11.9. The standard InChI is InChI=1S/C12H9ClFN3O2/c13-7-3-9(6-16-5-7)19-11-2-1-8(14)4-10(11)12(15)17-18/h1-6,18H,(H2,15,17). The van der Waals surface area contributed by atoms with Crippen LogP contribution in [0.15, 0.2) is 41.8 Å². The fourth-order valence-electron chi connectivity index (χ4n) is 1.42. The molecule has 7 heteroatoms. The minimum atomic E-state index is -0.529. The van der Waals surface area contributed by atoms with Crippen molar-refractivity contribution in [1.82, 2.24) is 4.98 Å². The van der Waals surface area contributed by atoms with Crippen LogP contribution in [-0.4, -0.2) is 16.0 Å². The van der Waals surface area contributed by atoms with Crippen LogP contribution in [0.3, 0.4) is 0 Å². The Kier molecular flexibility index (Phi) is 3.82. The van der Waals surface area contributed by atoms with Crippen molar-refractivity contribution in [1.29, 1.82) is 0 Å². The van der Waals surface area contributed by atoms with Gasteiger partial charge in [0.25, 0.3) is 0 Å². The van der Waals surface area contributed by atoms with Gasteiger partial charge < -0.3 is 15.7 Å². The molecule has 98 valence electrons. The number of amidine groups is 1. The molecule has 0 amide bonds. The number of halogens is 2. The zero-order valence-electron chi connectivity index (χ0n) is 9.55. The molecule has 0 aliphatic carbocycles. The Morgan fingerprint density at radius 2 is 2.16 bits per heavy atom. The zero-order chi connectivity index (χ0) is 13.8. The van der Waals surface area contributed by atoms with Crippen LogP contribution in [0.5, 0.6) is 11.5 Å². The fraction of sp³-hybridized carbons (Fsp3) is 0. The molecule has 0 saturated heterocycles. The second kappa shape index (κ2) is 5.53. The number of nitrogens with two attached hydrogens (primary N) is 1. The summed E-state index contributed by atoms with van der Waals surface area (Å²) in [6.45, 7) is 0. The molecule has 2 rings (SSSR count). The minimum absolute atomic E-state index is 0.127. The average molecular weight is 282 g/mol. The predicted octanol–water partition coefficient (Wildman–Crippen LogP) is 2.76. The van der Waals surface area contributed by atoms with E-state index in [0.29, 0.717) is 10.8 Å². The lowest BCUT2D eigenvalue weighted by molar-refractivity contribution is 0.318. The van der Waals surface area contributed by atoms with Crippen LogP contribution < -0.4 is 10.5 Å². The molecule has 1 heterocycles. The van der Waals surface area contributed by atoms with E-state index in [-0.39, 0.29) is 17.1 Å². The number of rotatable bonds is 3. The first-order chi connectivity index (χ1) is 9.10. The van der Waals surface area contributed by atoms with E-state index in [0.717, 1.165) is 6.07 Å². The van der Waals surface area contributed by atoms with E-state index in [1.54, 1.807) is 0 Å². The molecule has 0 aliphatic heterocycles. The van der Waals surface area contributed by atoms with Crippen molar-refractivity contribution in [3.8, 4) is 11.5 Å². The van der Waals surface area contributed by atoms with Gasteiger partial charge in [-0.25, -0.2) is 4.39 Å². The van der Waals surface area contributed by atoms with E-state index in [9.17, 15) is 4.39 Å². The molecular formula is C12H9ClFN3O2. The second-order valence-electron chi connectivity index (χ2n) is 3.57. The van der Waals surface area contributed by atoms with Gasteiger partial charge in [-0.2, -0.15) is 0 Å². The summed E-state index contributed by atoms with van der Waals surface area (Å²) in [4.78, 5) is 3.85. The third-order valence-corrected chi connectivity index (χ3v) is 2.44. The van der Waals surface area contributed by atoms with Crippen LogP contribution in [-0.2, 0) is 0 Å². The Hall–Kier alpha value is -2.34. The summed E-state index contributed by atoms with van der Waals surface area (Å²) < 4.78 is 18.6. The Balaban J connectivity index is 2.40. The van der Waals surface area contributed by atoms with E-state index in [1.807, 2.05) is 0 Å². The van der Waals surface area contributed by atoms with Crippen LogP contribution in [0, 0.1) is 5.82 Å². The van der Waals surface area contributed by atoms with Crippen molar-refractivity contribution in [2.24, 2.45) is 10.9 Å². The summed E-state index contributed by atoms with van der Waals surface area (Å²) in [7, 11) is 0. The third kappa shape index (κ3) is 3.11. The number of pyridine rings is 1. The number of nitrogens with zero attached hydrogens (tertiary/aromatic N) is 2. The summed E-state index contributed by atoms with van der Waals surface area (Å²) in [5.74, 6) is -0.213. The summed E-state index contributed by atoms with van der Waals surface area (Å²) in [6, 6.07) is 5.20. The van der Waals surface area contributed by atoms with Gasteiger partial charge in [0.2, 0.25) is 0 Å². The van der Waals surface area contributed by atoms with Crippen molar-refractivity contribution in [2.75, 3.05) is 0 Å². The summed E-state index contributed by atoms with van der Waals surface area (Å²) in [6.07, 6.45) is 2.88. The Labute approximate surface area is 113 Å². The Morgan fingerprint density at radius 3 is 2.84 bits per heavy atom. The van der Waals surface area contributed by atoms with Crippen molar-refractivity contribution in [3.05, 3.63) is 53.1 Å². The van der Waals surface area contributed by atoms with Gasteiger partial charge in [-0.15, -0.1) is 0 Å². The second-order valence-corrected chi connectivity index (χ2v) is 4.00. The monoisotopic (exact) mass is 281 g/mol. The molecule has 3 N–H and O–H groups in total. The molecule has 0 bridgehead atoms. The van der Waals surface area contributed by atoms with Gasteiger partial charge in [0, 0.05) is 12.3 Å². The molecule has 0 aliphatic rings. The highest BCUT2D eigenvalue weighted by molar-refractivity contribution is 6.30. The normalized spacial score (nSPS) is 11.4. The number of benzene rings is 1. The lowest BCUT2D eigenvalue weighted by atomic mass is 10.2. The Bertz CT molecular complexity index is 634. The van der Waals surface area contributed by atoms with Crippen molar-refractivity contribution >= 4 is 17.4 Å². The molecule has 1 aromatic heterocycles. The number of aromatic nitrogens is 1. The van der Waals surface area contributed by atoms with E-state index in [4.69, 9.17) is 27.3 Å². The minimum Gasteiger partial charge on any atom is -0.455 e. The number of oxime groups is 1. The number of hydrogen-bond acceptors (Lipinski definition) is 4. The van der Waals surface area contributed by atoms with Gasteiger partial charge in [-0.1, -0.05) is 16.8 Å². The van der Waals surface area contributed by atoms with Crippen molar-refractivity contribution in [2.45, 2.75) is 0 Å². The van der Waals surface area contributed by atoms with Gasteiger partial charge in [-0.05, 0) is 18.2 Å².